The second kappa shape index (κ2) is 20.1. The first-order valence-electron chi connectivity index (χ1n) is 14.5. The van der Waals surface area contributed by atoms with Gasteiger partial charge in [-0.3, -0.25) is 0 Å². The number of hydrogen-bond donors (Lipinski definition) is 0. The van der Waals surface area contributed by atoms with Gasteiger partial charge in [-0.25, -0.2) is 0 Å². The zero-order valence-corrected chi connectivity index (χ0v) is 33.1. The van der Waals surface area contributed by atoms with Crippen molar-refractivity contribution in [2.24, 2.45) is 0 Å². The monoisotopic (exact) mass is 860 g/mol. The second-order valence-corrected chi connectivity index (χ2v) is 25.0. The van der Waals surface area contributed by atoms with Crippen LogP contribution in [0.1, 0.15) is 14.9 Å². The Kier molecular flexibility index (Phi) is 17.9. The van der Waals surface area contributed by atoms with Gasteiger partial charge in [0.1, 0.15) is 0 Å². The largest absolute Gasteiger partial charge is 0.0622 e. The van der Waals surface area contributed by atoms with Gasteiger partial charge in [-0.1, -0.05) is 175 Å². The zero-order chi connectivity index (χ0) is 34.7. The normalized spacial score (nSPS) is 11.9. The summed E-state index contributed by atoms with van der Waals surface area (Å²) in [4.78, 5) is 0. The second-order valence-electron chi connectivity index (χ2n) is 10.3. The standard InChI is InChI=1S/C18H15Cl2P.C18H15P.C2Cl6.2CH4/c19-21(20,16-10-4-1-5-11-16,17-12-6-2-7-13-17)18-14-8-3-9-15-18;1-4-10-16(11-5-1)19(17-12-6-2-7-13-17)18-14-8-3-9-15-18;3-1(4,5)2(6,7)8;;/h1-15H;1-15H;;2*1H4. The average Bonchev–Trinajstić information content (AvgIpc) is 3.11. The number of rotatable bonds is 6. The molecule has 0 amide bonds. The van der Waals surface area contributed by atoms with Crippen LogP contribution in [0.15, 0.2) is 182 Å². The summed E-state index contributed by atoms with van der Waals surface area (Å²) < 4.78 is -3.70. The maximum atomic E-state index is 7.27. The van der Waals surface area contributed by atoms with Gasteiger partial charge in [0, 0.05) is 0 Å². The van der Waals surface area contributed by atoms with E-state index in [1.54, 1.807) is 0 Å². The minimum atomic E-state index is -3.43. The summed E-state index contributed by atoms with van der Waals surface area (Å²) in [5, 5.41) is 3.65. The fraction of sp³-hybridized carbons (Fsp3) is 0.100. The Balaban J connectivity index is 0.000000278. The molecular weight excluding hydrogens is 826 g/mol. The van der Waals surface area contributed by atoms with E-state index in [0.29, 0.717) is 0 Å². The predicted molar refractivity (Wildman–Crippen MR) is 236 cm³/mol. The van der Waals surface area contributed by atoms with Gasteiger partial charge in [0.25, 0.3) is 0 Å². The van der Waals surface area contributed by atoms with Crippen LogP contribution in [0, 0.1) is 0 Å². The molecule has 6 aromatic carbocycles. The van der Waals surface area contributed by atoms with Crippen LogP contribution in [0.2, 0.25) is 0 Å². The third-order valence-corrected chi connectivity index (χ3v) is 19.1. The molecule has 0 saturated carbocycles. The van der Waals surface area contributed by atoms with Gasteiger partial charge in [0.15, 0.2) is 0 Å². The van der Waals surface area contributed by atoms with Gasteiger partial charge >= 0.3 is 135 Å². The summed E-state index contributed by atoms with van der Waals surface area (Å²) in [5.41, 5.74) is 0. The molecule has 0 nitrogen and oxygen atoms in total. The first kappa shape index (κ1) is 44.7. The summed E-state index contributed by atoms with van der Waals surface area (Å²) in [7, 11) is -0.446. The molecule has 0 aliphatic rings. The first-order chi connectivity index (χ1) is 22.8. The molecule has 0 fully saturated rings. The van der Waals surface area contributed by atoms with Gasteiger partial charge in [0.05, 0.1) is 0 Å². The summed E-state index contributed by atoms with van der Waals surface area (Å²) >= 11 is 45.4. The molecule has 0 heterocycles. The van der Waals surface area contributed by atoms with Gasteiger partial charge in [-0.05, 0) is 23.8 Å². The van der Waals surface area contributed by atoms with Crippen molar-refractivity contribution in [3.05, 3.63) is 182 Å². The molecule has 10 heteroatoms. The van der Waals surface area contributed by atoms with Gasteiger partial charge < -0.3 is 0 Å². The van der Waals surface area contributed by atoms with Crippen LogP contribution in [0.25, 0.3) is 0 Å². The molecule has 0 radical (unpaired) electrons. The van der Waals surface area contributed by atoms with E-state index < -0.39 is 20.8 Å². The van der Waals surface area contributed by atoms with E-state index in [0.717, 1.165) is 15.9 Å². The van der Waals surface area contributed by atoms with Gasteiger partial charge in [0.2, 0.25) is 7.59 Å². The molecule has 0 atom stereocenters. The van der Waals surface area contributed by atoms with E-state index in [-0.39, 0.29) is 14.9 Å². The van der Waals surface area contributed by atoms with Crippen molar-refractivity contribution in [1.29, 1.82) is 0 Å². The van der Waals surface area contributed by atoms with Crippen LogP contribution >= 0.6 is 105 Å². The van der Waals surface area contributed by atoms with Gasteiger partial charge in [-0.15, -0.1) is 0 Å². The molecule has 0 N–H and O–H groups in total. The minimum Gasteiger partial charge on any atom is -0.0622 e. The third kappa shape index (κ3) is 11.5. The van der Waals surface area contributed by atoms with Crippen molar-refractivity contribution in [3.63, 3.8) is 0 Å². The average molecular weight is 864 g/mol. The molecule has 0 aliphatic heterocycles. The number of benzene rings is 6. The maximum Gasteiger partial charge on any atom is -0.0134 e. The molecule has 0 aliphatic carbocycles. The molecule has 0 aromatic heterocycles. The summed E-state index contributed by atoms with van der Waals surface area (Å²) in [6, 6.07) is 62.2. The Morgan fingerprint density at radius 1 is 0.320 bits per heavy atom. The predicted octanol–water partition coefficient (Wildman–Crippen LogP) is 13.3. The fourth-order valence-electron chi connectivity index (χ4n) is 4.69. The molecule has 0 spiro atoms. The first-order valence-corrected chi connectivity index (χ1v) is 22.2. The Morgan fingerprint density at radius 2 is 0.500 bits per heavy atom. The Labute approximate surface area is 338 Å². The number of alkyl halides is 6. The van der Waals surface area contributed by atoms with Crippen LogP contribution < -0.4 is 31.8 Å². The van der Waals surface area contributed by atoms with Crippen LogP contribution in [0.5, 0.6) is 0 Å². The maximum absolute atomic E-state index is 7.27. The Morgan fingerprint density at radius 3 is 0.680 bits per heavy atom. The van der Waals surface area contributed by atoms with Crippen molar-refractivity contribution in [2.45, 2.75) is 22.4 Å². The van der Waals surface area contributed by atoms with Crippen molar-refractivity contribution >= 4 is 137 Å². The van der Waals surface area contributed by atoms with Gasteiger partial charge in [-0.2, -0.15) is 0 Å². The fourth-order valence-corrected chi connectivity index (χ4v) is 12.0. The molecule has 0 saturated heterocycles. The van der Waals surface area contributed by atoms with Crippen LogP contribution in [-0.2, 0) is 0 Å². The summed E-state index contributed by atoms with van der Waals surface area (Å²) in [6.45, 7) is 0. The molecule has 0 bridgehead atoms. The Bertz CT molecular complexity index is 1590. The smallest absolute Gasteiger partial charge is 0.0134 e. The van der Waals surface area contributed by atoms with Crippen LogP contribution in [0.3, 0.4) is 0 Å². The molecule has 50 heavy (non-hydrogen) atoms. The minimum absolute atomic E-state index is 0. The zero-order valence-electron chi connectivity index (χ0n) is 25.2. The quantitative estimate of drug-likeness (QED) is 0.116. The van der Waals surface area contributed by atoms with Crippen LogP contribution in [-0.4, -0.2) is 7.59 Å². The SMILES string of the molecule is C.C.ClC(Cl)(Cl)C(Cl)(Cl)Cl.ClP(Cl)(c1ccccc1)(c1ccccc1)c1ccccc1.c1ccc(P(c2ccccc2)c2ccccc2)cc1. The molecule has 0 unspecified atom stereocenters. The van der Waals surface area contributed by atoms with E-state index in [9.17, 15) is 0 Å². The van der Waals surface area contributed by atoms with Crippen molar-refractivity contribution in [3.8, 4) is 0 Å². The molecule has 264 valence electrons. The van der Waals surface area contributed by atoms with E-state index >= 15 is 0 Å². The number of halogens is 8. The number of hydrogen-bond acceptors (Lipinski definition) is 0. The van der Waals surface area contributed by atoms with E-state index in [4.69, 9.17) is 92.1 Å². The summed E-state index contributed by atoms with van der Waals surface area (Å²) in [6.07, 6.45) is 0. The van der Waals surface area contributed by atoms with Crippen molar-refractivity contribution < 1.29 is 0 Å². The topological polar surface area (TPSA) is 0 Å². The Hall–Kier alpha value is -1.50. The third-order valence-electron chi connectivity index (χ3n) is 6.99. The van der Waals surface area contributed by atoms with Crippen molar-refractivity contribution in [2.75, 3.05) is 0 Å². The summed E-state index contributed by atoms with van der Waals surface area (Å²) in [5.74, 6) is 0. The molecular formula is C40H38Cl8P2. The van der Waals surface area contributed by atoms with E-state index in [1.807, 2.05) is 91.0 Å². The van der Waals surface area contributed by atoms with E-state index in [2.05, 4.69) is 91.0 Å². The molecule has 6 rings (SSSR count). The van der Waals surface area contributed by atoms with E-state index in [1.165, 1.54) is 15.9 Å². The van der Waals surface area contributed by atoms with Crippen LogP contribution in [0.4, 0.5) is 0 Å². The molecule has 6 aromatic rings. The van der Waals surface area contributed by atoms with Crippen molar-refractivity contribution in [1.82, 2.24) is 0 Å².